The molecule has 6 heteroatoms. The summed E-state index contributed by atoms with van der Waals surface area (Å²) in [6, 6.07) is 2.87. The standard InChI is InChI=1S/C14H14F2N2O2/c1-2-11(7-19)18-14(20)9-3-8-4-10(15)5-12(16)13(8)17-6-9/h3-6,11,19H,2,7H2,1H3,(H,18,20). The van der Waals surface area contributed by atoms with E-state index in [1.165, 1.54) is 12.3 Å². The quantitative estimate of drug-likeness (QED) is 0.900. The highest BCUT2D eigenvalue weighted by Gasteiger charge is 2.13. The van der Waals surface area contributed by atoms with Crippen LogP contribution in [0.4, 0.5) is 8.78 Å². The molecule has 0 radical (unpaired) electrons. The van der Waals surface area contributed by atoms with Gasteiger partial charge in [0.1, 0.15) is 11.3 Å². The molecule has 1 unspecified atom stereocenters. The van der Waals surface area contributed by atoms with Crippen molar-refractivity contribution in [3.63, 3.8) is 0 Å². The number of benzene rings is 1. The molecule has 0 saturated heterocycles. The second-order valence-corrected chi connectivity index (χ2v) is 4.44. The van der Waals surface area contributed by atoms with Crippen LogP contribution in [0.1, 0.15) is 23.7 Å². The smallest absolute Gasteiger partial charge is 0.253 e. The fraction of sp³-hybridized carbons (Fsp3) is 0.286. The number of amides is 1. The molecule has 1 amide bonds. The summed E-state index contributed by atoms with van der Waals surface area (Å²) in [6.45, 7) is 1.65. The largest absolute Gasteiger partial charge is 0.394 e. The third-order valence-corrected chi connectivity index (χ3v) is 3.01. The number of hydrogen-bond donors (Lipinski definition) is 2. The van der Waals surface area contributed by atoms with Crippen LogP contribution in [-0.4, -0.2) is 28.6 Å². The van der Waals surface area contributed by atoms with Gasteiger partial charge in [0.2, 0.25) is 0 Å². The third-order valence-electron chi connectivity index (χ3n) is 3.01. The molecule has 2 rings (SSSR count). The average molecular weight is 280 g/mol. The number of halogens is 2. The van der Waals surface area contributed by atoms with Crippen molar-refractivity contribution in [2.24, 2.45) is 0 Å². The first-order valence-electron chi connectivity index (χ1n) is 6.21. The fourth-order valence-electron chi connectivity index (χ4n) is 1.84. The number of pyridine rings is 1. The molecule has 0 aliphatic carbocycles. The first-order chi connectivity index (χ1) is 9.55. The number of rotatable bonds is 4. The fourth-order valence-corrected chi connectivity index (χ4v) is 1.84. The Kier molecular flexibility index (Phi) is 4.24. The lowest BCUT2D eigenvalue weighted by atomic mass is 10.1. The van der Waals surface area contributed by atoms with Crippen LogP contribution in [0.5, 0.6) is 0 Å². The Morgan fingerprint density at radius 1 is 1.40 bits per heavy atom. The Morgan fingerprint density at radius 3 is 2.80 bits per heavy atom. The van der Waals surface area contributed by atoms with E-state index in [1.54, 1.807) is 0 Å². The lowest BCUT2D eigenvalue weighted by Crippen LogP contribution is -2.36. The van der Waals surface area contributed by atoms with E-state index in [1.807, 2.05) is 6.92 Å². The van der Waals surface area contributed by atoms with Crippen molar-refractivity contribution in [3.05, 3.63) is 41.6 Å². The molecule has 0 aliphatic heterocycles. The van der Waals surface area contributed by atoms with E-state index in [4.69, 9.17) is 5.11 Å². The molecule has 0 spiro atoms. The van der Waals surface area contributed by atoms with Gasteiger partial charge < -0.3 is 10.4 Å². The van der Waals surface area contributed by atoms with Crippen molar-refractivity contribution in [2.45, 2.75) is 19.4 Å². The van der Waals surface area contributed by atoms with Gasteiger partial charge in [-0.05, 0) is 18.6 Å². The highest BCUT2D eigenvalue weighted by molar-refractivity contribution is 5.97. The highest BCUT2D eigenvalue weighted by atomic mass is 19.1. The number of nitrogens with one attached hydrogen (secondary N) is 1. The summed E-state index contributed by atoms with van der Waals surface area (Å²) in [5.74, 6) is -1.94. The molecule has 0 saturated carbocycles. The molecule has 4 nitrogen and oxygen atoms in total. The third kappa shape index (κ3) is 2.91. The van der Waals surface area contributed by atoms with Gasteiger partial charge in [0.25, 0.3) is 5.91 Å². The first-order valence-corrected chi connectivity index (χ1v) is 6.21. The second kappa shape index (κ2) is 5.92. The minimum absolute atomic E-state index is 0.0112. The zero-order valence-corrected chi connectivity index (χ0v) is 10.9. The molecule has 106 valence electrons. The number of carbonyl (C=O) groups excluding carboxylic acids is 1. The molecule has 0 bridgehead atoms. The number of hydrogen-bond acceptors (Lipinski definition) is 3. The van der Waals surface area contributed by atoms with Crippen LogP contribution in [0.15, 0.2) is 24.4 Å². The van der Waals surface area contributed by atoms with Crippen LogP contribution in [0, 0.1) is 11.6 Å². The van der Waals surface area contributed by atoms with Gasteiger partial charge in [-0.1, -0.05) is 6.92 Å². The van der Waals surface area contributed by atoms with Crippen LogP contribution in [0.3, 0.4) is 0 Å². The predicted molar refractivity (Wildman–Crippen MR) is 70.3 cm³/mol. The Bertz CT molecular complexity index is 642. The molecular weight excluding hydrogens is 266 g/mol. The van der Waals surface area contributed by atoms with E-state index in [-0.39, 0.29) is 29.1 Å². The Hall–Kier alpha value is -2.08. The maximum Gasteiger partial charge on any atom is 0.253 e. The summed E-state index contributed by atoms with van der Waals surface area (Å²) in [5.41, 5.74) is 0.201. The normalized spacial score (nSPS) is 12.4. The van der Waals surface area contributed by atoms with Crippen molar-refractivity contribution in [2.75, 3.05) is 6.61 Å². The van der Waals surface area contributed by atoms with Gasteiger partial charge in [0.05, 0.1) is 18.2 Å². The molecule has 0 fully saturated rings. The van der Waals surface area contributed by atoms with E-state index in [0.717, 1.165) is 12.1 Å². The van der Waals surface area contributed by atoms with E-state index >= 15 is 0 Å². The van der Waals surface area contributed by atoms with E-state index in [9.17, 15) is 13.6 Å². The van der Waals surface area contributed by atoms with Crippen LogP contribution < -0.4 is 5.32 Å². The first kappa shape index (κ1) is 14.3. The van der Waals surface area contributed by atoms with Gasteiger partial charge in [-0.2, -0.15) is 0 Å². The minimum atomic E-state index is -0.770. The zero-order chi connectivity index (χ0) is 14.7. The van der Waals surface area contributed by atoms with Crippen LogP contribution in [0.2, 0.25) is 0 Å². The lowest BCUT2D eigenvalue weighted by Gasteiger charge is -2.14. The zero-order valence-electron chi connectivity index (χ0n) is 10.9. The van der Waals surface area contributed by atoms with Crippen molar-refractivity contribution in [1.29, 1.82) is 0 Å². The Morgan fingerprint density at radius 2 is 2.15 bits per heavy atom. The number of aliphatic hydroxyl groups is 1. The molecule has 0 aliphatic rings. The van der Waals surface area contributed by atoms with Gasteiger partial charge in [-0.15, -0.1) is 0 Å². The predicted octanol–water partition coefficient (Wildman–Crippen LogP) is 2.01. The van der Waals surface area contributed by atoms with Crippen molar-refractivity contribution in [3.8, 4) is 0 Å². The van der Waals surface area contributed by atoms with Gasteiger partial charge in [-0.3, -0.25) is 9.78 Å². The van der Waals surface area contributed by atoms with E-state index in [0.29, 0.717) is 6.42 Å². The topological polar surface area (TPSA) is 62.2 Å². The van der Waals surface area contributed by atoms with Crippen molar-refractivity contribution in [1.82, 2.24) is 10.3 Å². The Balaban J connectivity index is 2.34. The minimum Gasteiger partial charge on any atom is -0.394 e. The number of aromatic nitrogens is 1. The SMILES string of the molecule is CCC(CO)NC(=O)c1cnc2c(F)cc(F)cc2c1. The Labute approximate surface area is 114 Å². The molecule has 20 heavy (non-hydrogen) atoms. The molecule has 1 heterocycles. The van der Waals surface area contributed by atoms with Crippen LogP contribution in [0.25, 0.3) is 10.9 Å². The molecule has 2 aromatic rings. The number of nitrogens with zero attached hydrogens (tertiary/aromatic N) is 1. The van der Waals surface area contributed by atoms with Gasteiger partial charge in [0.15, 0.2) is 5.82 Å². The van der Waals surface area contributed by atoms with E-state index < -0.39 is 17.5 Å². The highest BCUT2D eigenvalue weighted by Crippen LogP contribution is 2.18. The monoisotopic (exact) mass is 280 g/mol. The summed E-state index contributed by atoms with van der Waals surface area (Å²) >= 11 is 0. The molecular formula is C14H14F2N2O2. The number of carbonyl (C=O) groups is 1. The molecule has 1 aromatic heterocycles. The number of aliphatic hydroxyl groups excluding tert-OH is 1. The second-order valence-electron chi connectivity index (χ2n) is 4.44. The van der Waals surface area contributed by atoms with Crippen LogP contribution >= 0.6 is 0 Å². The van der Waals surface area contributed by atoms with Gasteiger partial charge in [-0.25, -0.2) is 8.78 Å². The van der Waals surface area contributed by atoms with Crippen molar-refractivity contribution < 1.29 is 18.7 Å². The van der Waals surface area contributed by atoms with Gasteiger partial charge in [0, 0.05) is 17.6 Å². The van der Waals surface area contributed by atoms with Crippen LogP contribution in [-0.2, 0) is 0 Å². The lowest BCUT2D eigenvalue weighted by molar-refractivity contribution is 0.0914. The van der Waals surface area contributed by atoms with Crippen molar-refractivity contribution >= 4 is 16.8 Å². The summed E-state index contributed by atoms with van der Waals surface area (Å²) in [6.07, 6.45) is 1.80. The number of fused-ring (bicyclic) bond motifs is 1. The maximum atomic E-state index is 13.5. The average Bonchev–Trinajstić information content (AvgIpc) is 2.43. The van der Waals surface area contributed by atoms with E-state index in [2.05, 4.69) is 10.3 Å². The summed E-state index contributed by atoms with van der Waals surface area (Å²) < 4.78 is 26.6. The maximum absolute atomic E-state index is 13.5. The summed E-state index contributed by atoms with van der Waals surface area (Å²) in [7, 11) is 0. The molecule has 2 N–H and O–H groups in total. The summed E-state index contributed by atoms with van der Waals surface area (Å²) in [5, 5.41) is 11.9. The van der Waals surface area contributed by atoms with Gasteiger partial charge >= 0.3 is 0 Å². The molecule has 1 aromatic carbocycles. The molecule has 1 atom stereocenters. The summed E-state index contributed by atoms with van der Waals surface area (Å²) in [4.78, 5) is 15.8.